The highest BCUT2D eigenvalue weighted by Crippen LogP contribution is 2.15. The lowest BCUT2D eigenvalue weighted by Gasteiger charge is -2.18. The van der Waals surface area contributed by atoms with Crippen molar-refractivity contribution in [1.29, 1.82) is 0 Å². The van der Waals surface area contributed by atoms with Gasteiger partial charge in [0.2, 0.25) is 0 Å². The maximum absolute atomic E-state index is 12.9. The third-order valence-electron chi connectivity index (χ3n) is 13.8. The van der Waals surface area contributed by atoms with E-state index in [0.717, 1.165) is 135 Å². The van der Waals surface area contributed by atoms with Crippen LogP contribution in [-0.2, 0) is 28.6 Å². The van der Waals surface area contributed by atoms with Gasteiger partial charge in [-0.15, -0.1) is 0 Å². The average Bonchev–Trinajstić information content (AvgIpc) is 3.47. The second-order valence-corrected chi connectivity index (χ2v) is 21.6. The Bertz CT molecular complexity index is 1760. The minimum absolute atomic E-state index is 0.100. The van der Waals surface area contributed by atoms with Crippen LogP contribution in [0.5, 0.6) is 0 Å². The van der Waals surface area contributed by atoms with Gasteiger partial charge in [0, 0.05) is 19.3 Å². The summed E-state index contributed by atoms with van der Waals surface area (Å²) in [5.74, 6) is -0.951. The summed E-state index contributed by atoms with van der Waals surface area (Å²) in [6.45, 7) is 6.37. The Labute approximate surface area is 499 Å². The van der Waals surface area contributed by atoms with Gasteiger partial charge in [0.1, 0.15) is 13.2 Å². The van der Waals surface area contributed by atoms with Crippen LogP contribution in [-0.4, -0.2) is 37.2 Å². The number of unbranched alkanes of at least 4 members (excludes halogenated alkanes) is 24. The molecule has 0 N–H and O–H groups in total. The molecule has 0 radical (unpaired) electrons. The van der Waals surface area contributed by atoms with E-state index in [-0.39, 0.29) is 31.1 Å². The molecule has 0 aliphatic carbocycles. The zero-order valence-corrected chi connectivity index (χ0v) is 52.5. The highest BCUT2D eigenvalue weighted by Gasteiger charge is 2.19. The molecule has 0 aromatic heterocycles. The molecule has 0 bridgehead atoms. The number of rotatable bonds is 59. The number of carbonyl (C=O) groups is 3. The van der Waals surface area contributed by atoms with Crippen LogP contribution in [0.25, 0.3) is 0 Å². The zero-order chi connectivity index (χ0) is 58.5. The van der Waals surface area contributed by atoms with Gasteiger partial charge in [0.25, 0.3) is 0 Å². The monoisotopic (exact) mass is 1120 g/mol. The molecular weight excluding hydrogens is 997 g/mol. The van der Waals surface area contributed by atoms with Crippen LogP contribution in [0.2, 0.25) is 0 Å². The molecule has 0 aliphatic rings. The van der Waals surface area contributed by atoms with Gasteiger partial charge in [-0.25, -0.2) is 0 Å². The highest BCUT2D eigenvalue weighted by molar-refractivity contribution is 5.71. The molecule has 0 spiro atoms. The van der Waals surface area contributed by atoms with E-state index in [4.69, 9.17) is 14.2 Å². The normalized spacial score (nSPS) is 13.1. The molecule has 0 saturated heterocycles. The van der Waals surface area contributed by atoms with Gasteiger partial charge in [-0.1, -0.05) is 276 Å². The molecule has 0 heterocycles. The molecule has 0 rings (SSSR count). The van der Waals surface area contributed by atoms with Crippen molar-refractivity contribution in [3.63, 3.8) is 0 Å². The third-order valence-corrected chi connectivity index (χ3v) is 13.8. The van der Waals surface area contributed by atoms with Crippen molar-refractivity contribution < 1.29 is 28.6 Å². The lowest BCUT2D eigenvalue weighted by atomic mass is 10.1. The SMILES string of the molecule is CC/C=C\C/C=C\C/C=C\C/C=C\C/C=C\C/C=C\C/C=C\CCCCCCCCCCCC(=O)OCC(COC(=O)CCCC/C=C\C/C=C\C/C=C\C/C=C\CC)OC(=O)CCCCCCCCC/C=C\CCCCCCCC. The Hall–Kier alpha value is -4.71. The van der Waals surface area contributed by atoms with Crippen molar-refractivity contribution in [3.8, 4) is 0 Å². The van der Waals surface area contributed by atoms with Crippen LogP contribution in [0.1, 0.15) is 290 Å². The van der Waals surface area contributed by atoms with E-state index in [1.54, 1.807) is 0 Å². The van der Waals surface area contributed by atoms with Crippen molar-refractivity contribution in [2.24, 2.45) is 0 Å². The Morgan fingerprint density at radius 2 is 0.481 bits per heavy atom. The van der Waals surface area contributed by atoms with E-state index in [0.29, 0.717) is 19.3 Å². The van der Waals surface area contributed by atoms with Gasteiger partial charge in [-0.05, 0) is 141 Å². The first kappa shape index (κ1) is 76.3. The number of esters is 3. The molecule has 6 nitrogen and oxygen atoms in total. The summed E-state index contributed by atoms with van der Waals surface area (Å²) in [6, 6.07) is 0. The van der Waals surface area contributed by atoms with Crippen LogP contribution >= 0.6 is 0 Å². The average molecular weight is 1120 g/mol. The summed E-state index contributed by atoms with van der Waals surface area (Å²) >= 11 is 0. The largest absolute Gasteiger partial charge is 0.462 e. The molecule has 0 amide bonds. The third kappa shape index (κ3) is 66.0. The Balaban J connectivity index is 4.36. The van der Waals surface area contributed by atoms with Gasteiger partial charge in [-0.3, -0.25) is 14.4 Å². The summed E-state index contributed by atoms with van der Waals surface area (Å²) < 4.78 is 16.9. The predicted octanol–water partition coefficient (Wildman–Crippen LogP) is 23.1. The fraction of sp³-hybridized carbons (Fsp3) is 0.640. The summed E-state index contributed by atoms with van der Waals surface area (Å²) in [6.07, 6.45) is 97.2. The Morgan fingerprint density at radius 3 is 0.790 bits per heavy atom. The highest BCUT2D eigenvalue weighted by atomic mass is 16.6. The number of carbonyl (C=O) groups excluding carboxylic acids is 3. The molecule has 1 unspecified atom stereocenters. The lowest BCUT2D eigenvalue weighted by Crippen LogP contribution is -2.30. The van der Waals surface area contributed by atoms with E-state index in [2.05, 4.69) is 167 Å². The van der Waals surface area contributed by atoms with Gasteiger partial charge in [0.15, 0.2) is 6.10 Å². The maximum atomic E-state index is 12.9. The number of hydrogen-bond acceptors (Lipinski definition) is 6. The molecule has 0 aromatic carbocycles. The van der Waals surface area contributed by atoms with E-state index >= 15 is 0 Å². The van der Waals surface area contributed by atoms with Gasteiger partial charge in [0.05, 0.1) is 0 Å². The van der Waals surface area contributed by atoms with Gasteiger partial charge in [-0.2, -0.15) is 0 Å². The van der Waals surface area contributed by atoms with Gasteiger partial charge >= 0.3 is 17.9 Å². The van der Waals surface area contributed by atoms with Crippen LogP contribution in [0.15, 0.2) is 146 Å². The molecule has 81 heavy (non-hydrogen) atoms. The molecule has 458 valence electrons. The second-order valence-electron chi connectivity index (χ2n) is 21.6. The minimum Gasteiger partial charge on any atom is -0.462 e. The number of hydrogen-bond donors (Lipinski definition) is 0. The first-order chi connectivity index (χ1) is 40.0. The van der Waals surface area contributed by atoms with Crippen LogP contribution in [0.4, 0.5) is 0 Å². The quantitative estimate of drug-likeness (QED) is 0.0261. The maximum Gasteiger partial charge on any atom is 0.306 e. The number of ether oxygens (including phenoxy) is 3. The van der Waals surface area contributed by atoms with Crippen molar-refractivity contribution in [1.82, 2.24) is 0 Å². The smallest absolute Gasteiger partial charge is 0.306 e. The number of allylic oxidation sites excluding steroid dienone is 24. The Kier molecular flexibility index (Phi) is 63.9. The lowest BCUT2D eigenvalue weighted by molar-refractivity contribution is -0.167. The molecule has 0 saturated carbocycles. The van der Waals surface area contributed by atoms with Crippen molar-refractivity contribution >= 4 is 17.9 Å². The summed E-state index contributed by atoms with van der Waals surface area (Å²) in [5.41, 5.74) is 0. The summed E-state index contributed by atoms with van der Waals surface area (Å²) in [7, 11) is 0. The van der Waals surface area contributed by atoms with Crippen molar-refractivity contribution in [2.75, 3.05) is 13.2 Å². The molecule has 1 atom stereocenters. The molecule has 0 aromatic rings. The van der Waals surface area contributed by atoms with E-state index < -0.39 is 6.10 Å². The van der Waals surface area contributed by atoms with Crippen LogP contribution in [0.3, 0.4) is 0 Å². The van der Waals surface area contributed by atoms with E-state index in [9.17, 15) is 14.4 Å². The first-order valence-corrected chi connectivity index (χ1v) is 33.3. The van der Waals surface area contributed by atoms with E-state index in [1.807, 2.05) is 0 Å². The van der Waals surface area contributed by atoms with E-state index in [1.165, 1.54) is 116 Å². The molecular formula is C75H122O6. The zero-order valence-electron chi connectivity index (χ0n) is 52.5. The van der Waals surface area contributed by atoms with Crippen LogP contribution in [0, 0.1) is 0 Å². The standard InChI is InChI=1S/C75H122O6/c1-4-7-10-13-16-19-22-25-28-30-31-32-33-34-35-36-37-38-39-40-41-42-43-45-47-50-53-56-59-62-65-68-74(77)80-71-72(70-79-73(76)67-64-61-58-55-52-49-46-27-24-21-18-15-12-9-6-3)81-75(78)69-66-63-60-57-54-51-48-44-29-26-23-20-17-14-11-8-5-2/h7,9-10,12,16,18-19,21,25-29,31-32,34-35,37-38,40-41,46,52,55,72H,4-6,8,11,13-15,17,20,22-24,30,33,36,39,42-45,47-51,53-54,56-71H2,1-3H3/b10-7-,12-9-,19-16-,21-18-,28-25-,29-26-,32-31-,35-34-,38-37-,41-40-,46-27-,55-52-. The summed E-state index contributed by atoms with van der Waals surface area (Å²) in [5, 5.41) is 0. The summed E-state index contributed by atoms with van der Waals surface area (Å²) in [4.78, 5) is 38.3. The van der Waals surface area contributed by atoms with Gasteiger partial charge < -0.3 is 14.2 Å². The van der Waals surface area contributed by atoms with Crippen molar-refractivity contribution in [3.05, 3.63) is 146 Å². The van der Waals surface area contributed by atoms with Crippen LogP contribution < -0.4 is 0 Å². The topological polar surface area (TPSA) is 78.9 Å². The predicted molar refractivity (Wildman–Crippen MR) is 352 cm³/mol. The fourth-order valence-corrected chi connectivity index (χ4v) is 8.88. The molecule has 0 fully saturated rings. The molecule has 0 aliphatic heterocycles. The second kappa shape index (κ2) is 67.8. The molecule has 6 heteroatoms. The van der Waals surface area contributed by atoms with Crippen molar-refractivity contribution in [2.45, 2.75) is 297 Å². The first-order valence-electron chi connectivity index (χ1n) is 33.3. The Morgan fingerprint density at radius 1 is 0.259 bits per heavy atom. The minimum atomic E-state index is -0.806. The fourth-order valence-electron chi connectivity index (χ4n) is 8.88.